The topological polar surface area (TPSA) is 21.3 Å². The Bertz CT molecular complexity index is 367. The van der Waals surface area contributed by atoms with Crippen LogP contribution in [0.1, 0.15) is 25.3 Å². The maximum Gasteiger partial charge on any atom is 0.0566 e. The third kappa shape index (κ3) is 2.98. The molecule has 1 aromatic rings. The number of aryl methyl sites for hydroxylation is 1. The molecule has 1 aliphatic heterocycles. The molecule has 16 heavy (non-hydrogen) atoms. The molecule has 1 saturated heterocycles. The summed E-state index contributed by atoms with van der Waals surface area (Å²) in [5.41, 5.74) is 2.52. The third-order valence-corrected chi connectivity index (χ3v) is 3.53. The fourth-order valence-corrected chi connectivity index (χ4v) is 2.61. The number of anilines is 1. The summed E-state index contributed by atoms with van der Waals surface area (Å²) >= 11 is 3.48. The molecule has 0 radical (unpaired) electrons. The number of hydrogen-bond donors (Lipinski definition) is 1. The SMILES string of the molecule is Cc1cc(Br)ccc1NC1CCOC(C)C1. The van der Waals surface area contributed by atoms with Crippen molar-refractivity contribution in [2.75, 3.05) is 11.9 Å². The number of benzene rings is 1. The van der Waals surface area contributed by atoms with Crippen LogP contribution in [-0.2, 0) is 4.74 Å². The molecule has 1 N–H and O–H groups in total. The zero-order chi connectivity index (χ0) is 11.5. The molecule has 3 heteroatoms. The van der Waals surface area contributed by atoms with Crippen molar-refractivity contribution in [2.24, 2.45) is 0 Å². The van der Waals surface area contributed by atoms with Gasteiger partial charge in [-0.3, -0.25) is 0 Å². The first kappa shape index (κ1) is 11.9. The van der Waals surface area contributed by atoms with Crippen LogP contribution in [0.4, 0.5) is 5.69 Å². The maximum absolute atomic E-state index is 5.55. The Labute approximate surface area is 106 Å². The molecule has 0 saturated carbocycles. The minimum absolute atomic E-state index is 0.377. The zero-order valence-corrected chi connectivity index (χ0v) is 11.4. The summed E-state index contributed by atoms with van der Waals surface area (Å²) in [6, 6.07) is 6.91. The van der Waals surface area contributed by atoms with Crippen molar-refractivity contribution in [3.8, 4) is 0 Å². The van der Waals surface area contributed by atoms with Crippen LogP contribution in [0.25, 0.3) is 0 Å². The first-order valence-corrected chi connectivity index (χ1v) is 6.59. The summed E-state index contributed by atoms with van der Waals surface area (Å²) in [6.45, 7) is 5.15. The molecular weight excluding hydrogens is 266 g/mol. The van der Waals surface area contributed by atoms with E-state index in [-0.39, 0.29) is 0 Å². The van der Waals surface area contributed by atoms with Gasteiger partial charge >= 0.3 is 0 Å². The first-order chi connectivity index (χ1) is 7.65. The summed E-state index contributed by atoms with van der Waals surface area (Å²) in [7, 11) is 0. The Hall–Kier alpha value is -0.540. The van der Waals surface area contributed by atoms with Gasteiger partial charge in [0.25, 0.3) is 0 Å². The molecule has 1 fully saturated rings. The summed E-state index contributed by atoms with van der Waals surface area (Å²) < 4.78 is 6.68. The van der Waals surface area contributed by atoms with Crippen LogP contribution in [0.2, 0.25) is 0 Å². The van der Waals surface area contributed by atoms with E-state index < -0.39 is 0 Å². The second-order valence-corrected chi connectivity index (χ2v) is 5.42. The van der Waals surface area contributed by atoms with Gasteiger partial charge in [-0.15, -0.1) is 0 Å². The van der Waals surface area contributed by atoms with Crippen molar-refractivity contribution < 1.29 is 4.74 Å². The van der Waals surface area contributed by atoms with Gasteiger partial charge in [-0.05, 0) is 50.5 Å². The van der Waals surface area contributed by atoms with Gasteiger partial charge in [0.05, 0.1) is 6.10 Å². The second kappa shape index (κ2) is 5.19. The third-order valence-electron chi connectivity index (χ3n) is 3.03. The summed E-state index contributed by atoms with van der Waals surface area (Å²) in [4.78, 5) is 0. The number of ether oxygens (including phenoxy) is 1. The average molecular weight is 284 g/mol. The van der Waals surface area contributed by atoms with Crippen molar-refractivity contribution in [1.29, 1.82) is 0 Å². The van der Waals surface area contributed by atoms with Crippen molar-refractivity contribution in [1.82, 2.24) is 0 Å². The summed E-state index contributed by atoms with van der Waals surface area (Å²) in [6.07, 6.45) is 2.57. The van der Waals surface area contributed by atoms with Gasteiger partial charge in [0.15, 0.2) is 0 Å². The number of halogens is 1. The van der Waals surface area contributed by atoms with E-state index in [1.807, 2.05) is 0 Å². The minimum atomic E-state index is 0.377. The van der Waals surface area contributed by atoms with Gasteiger partial charge in [0, 0.05) is 22.8 Å². The molecular formula is C13H18BrNO. The lowest BCUT2D eigenvalue weighted by atomic mass is 10.0. The fraction of sp³-hybridized carbons (Fsp3) is 0.538. The van der Waals surface area contributed by atoms with Crippen LogP contribution in [0, 0.1) is 6.92 Å². The van der Waals surface area contributed by atoms with Crippen molar-refractivity contribution in [2.45, 2.75) is 38.8 Å². The van der Waals surface area contributed by atoms with Gasteiger partial charge in [-0.25, -0.2) is 0 Å². The predicted molar refractivity (Wildman–Crippen MR) is 70.9 cm³/mol. The lowest BCUT2D eigenvalue weighted by Gasteiger charge is -2.29. The second-order valence-electron chi connectivity index (χ2n) is 4.51. The molecule has 0 amide bonds. The highest BCUT2D eigenvalue weighted by Crippen LogP contribution is 2.23. The predicted octanol–water partition coefficient (Wildman–Crippen LogP) is 3.74. The molecule has 2 nitrogen and oxygen atoms in total. The van der Waals surface area contributed by atoms with E-state index in [9.17, 15) is 0 Å². The van der Waals surface area contributed by atoms with Gasteiger partial charge in [0.2, 0.25) is 0 Å². The Kier molecular flexibility index (Phi) is 3.87. The number of rotatable bonds is 2. The lowest BCUT2D eigenvalue weighted by Crippen LogP contribution is -2.32. The normalized spacial score (nSPS) is 25.4. The Morgan fingerprint density at radius 2 is 2.25 bits per heavy atom. The fourth-order valence-electron chi connectivity index (χ4n) is 2.14. The van der Waals surface area contributed by atoms with Gasteiger partial charge in [-0.1, -0.05) is 15.9 Å². The highest BCUT2D eigenvalue weighted by Gasteiger charge is 2.19. The molecule has 0 aromatic heterocycles. The van der Waals surface area contributed by atoms with E-state index in [0.717, 1.165) is 23.9 Å². The van der Waals surface area contributed by atoms with Gasteiger partial charge in [0.1, 0.15) is 0 Å². The maximum atomic E-state index is 5.55. The Morgan fingerprint density at radius 1 is 1.44 bits per heavy atom. The largest absolute Gasteiger partial charge is 0.382 e. The van der Waals surface area contributed by atoms with Crippen molar-refractivity contribution >= 4 is 21.6 Å². The summed E-state index contributed by atoms with van der Waals surface area (Å²) in [5, 5.41) is 3.61. The van der Waals surface area contributed by atoms with E-state index in [1.165, 1.54) is 11.3 Å². The standard InChI is InChI=1S/C13H18BrNO/c1-9-7-11(14)3-4-13(9)15-12-5-6-16-10(2)8-12/h3-4,7,10,12,15H,5-6,8H2,1-2H3. The molecule has 0 spiro atoms. The van der Waals surface area contributed by atoms with E-state index in [0.29, 0.717) is 12.1 Å². The molecule has 1 aliphatic rings. The van der Waals surface area contributed by atoms with Crippen LogP contribution in [0.3, 0.4) is 0 Å². The van der Waals surface area contributed by atoms with E-state index in [1.54, 1.807) is 0 Å². The van der Waals surface area contributed by atoms with E-state index in [2.05, 4.69) is 53.3 Å². The van der Waals surface area contributed by atoms with Crippen molar-refractivity contribution in [3.05, 3.63) is 28.2 Å². The monoisotopic (exact) mass is 283 g/mol. The highest BCUT2D eigenvalue weighted by molar-refractivity contribution is 9.10. The first-order valence-electron chi connectivity index (χ1n) is 5.79. The van der Waals surface area contributed by atoms with Crippen LogP contribution in [0.5, 0.6) is 0 Å². The molecule has 1 aromatic carbocycles. The van der Waals surface area contributed by atoms with E-state index >= 15 is 0 Å². The van der Waals surface area contributed by atoms with Crippen LogP contribution in [-0.4, -0.2) is 18.8 Å². The minimum Gasteiger partial charge on any atom is -0.382 e. The van der Waals surface area contributed by atoms with Gasteiger partial charge in [-0.2, -0.15) is 0 Å². The highest BCUT2D eigenvalue weighted by atomic mass is 79.9. The Balaban J connectivity index is 2.02. The smallest absolute Gasteiger partial charge is 0.0566 e. The number of hydrogen-bond acceptors (Lipinski definition) is 2. The molecule has 0 bridgehead atoms. The average Bonchev–Trinajstić information content (AvgIpc) is 2.22. The quantitative estimate of drug-likeness (QED) is 0.893. The van der Waals surface area contributed by atoms with Crippen LogP contribution < -0.4 is 5.32 Å². The van der Waals surface area contributed by atoms with Gasteiger partial charge < -0.3 is 10.1 Å². The van der Waals surface area contributed by atoms with E-state index in [4.69, 9.17) is 4.74 Å². The molecule has 0 aliphatic carbocycles. The Morgan fingerprint density at radius 3 is 2.94 bits per heavy atom. The van der Waals surface area contributed by atoms with Crippen molar-refractivity contribution in [3.63, 3.8) is 0 Å². The van der Waals surface area contributed by atoms with Crippen LogP contribution in [0.15, 0.2) is 22.7 Å². The molecule has 2 unspecified atom stereocenters. The molecule has 88 valence electrons. The molecule has 2 rings (SSSR count). The summed E-state index contributed by atoms with van der Waals surface area (Å²) in [5.74, 6) is 0. The molecule has 2 atom stereocenters. The molecule has 1 heterocycles. The lowest BCUT2D eigenvalue weighted by molar-refractivity contribution is 0.0232. The van der Waals surface area contributed by atoms with Crippen LogP contribution >= 0.6 is 15.9 Å². The number of nitrogens with one attached hydrogen (secondary N) is 1. The zero-order valence-electron chi connectivity index (χ0n) is 9.79.